The van der Waals surface area contributed by atoms with Crippen LogP contribution < -0.4 is 0 Å². The lowest BCUT2D eigenvalue weighted by molar-refractivity contribution is 0.0890. The summed E-state index contributed by atoms with van der Waals surface area (Å²) in [7, 11) is 0. The summed E-state index contributed by atoms with van der Waals surface area (Å²) >= 11 is 0. The smallest absolute Gasteiger partial charge is 0.0360 e. The first-order chi connectivity index (χ1) is 5.84. The molecular formula is C12H20. The average molecular weight is 164 g/mol. The van der Waals surface area contributed by atoms with E-state index in [0.717, 1.165) is 17.8 Å². The van der Waals surface area contributed by atoms with Gasteiger partial charge in [0, 0.05) is 0 Å². The van der Waals surface area contributed by atoms with E-state index in [2.05, 4.69) is 6.92 Å². The molecule has 0 spiro atoms. The number of hydrogen-bond acceptors (Lipinski definition) is 0. The van der Waals surface area contributed by atoms with Gasteiger partial charge in [0.15, 0.2) is 0 Å². The van der Waals surface area contributed by atoms with Crippen LogP contribution in [-0.4, -0.2) is 0 Å². The Labute approximate surface area is 75.7 Å². The lowest BCUT2D eigenvalue weighted by Gasteiger charge is -2.41. The molecule has 5 unspecified atom stereocenters. The van der Waals surface area contributed by atoms with Gasteiger partial charge >= 0.3 is 0 Å². The zero-order valence-corrected chi connectivity index (χ0v) is 8.13. The van der Waals surface area contributed by atoms with E-state index in [4.69, 9.17) is 0 Å². The van der Waals surface area contributed by atoms with Crippen molar-refractivity contribution >= 4 is 0 Å². The van der Waals surface area contributed by atoms with Crippen LogP contribution in [0.4, 0.5) is 0 Å². The molecule has 0 radical (unpaired) electrons. The molecule has 0 aromatic rings. The molecule has 0 aliphatic heterocycles. The molecule has 0 heteroatoms. The van der Waals surface area contributed by atoms with Gasteiger partial charge in [-0.15, -0.1) is 0 Å². The highest BCUT2D eigenvalue weighted by Crippen LogP contribution is 2.56. The van der Waals surface area contributed by atoms with Crippen LogP contribution in [0, 0.1) is 29.6 Å². The topological polar surface area (TPSA) is 0 Å². The Morgan fingerprint density at radius 3 is 2.08 bits per heavy atom. The second-order valence-corrected chi connectivity index (χ2v) is 5.55. The van der Waals surface area contributed by atoms with E-state index < -0.39 is 0 Å². The van der Waals surface area contributed by atoms with E-state index in [1.54, 1.807) is 32.1 Å². The summed E-state index contributed by atoms with van der Waals surface area (Å²) in [6.07, 6.45) is 9.45. The molecular weight excluding hydrogens is 144 g/mol. The minimum Gasteiger partial charge on any atom is -0.0622 e. The summed E-state index contributed by atoms with van der Waals surface area (Å²) in [6.45, 7) is 2.47. The predicted molar refractivity (Wildman–Crippen MR) is 50.8 cm³/mol. The Morgan fingerprint density at radius 1 is 0.750 bits per heavy atom. The standard InChI is InChI=1S/C12H20/c1-8-2-5-12(8)10-4-3-9-6-11(9)7-10/h8-12H,2-7H2,1H3. The van der Waals surface area contributed by atoms with Crippen molar-refractivity contribution in [2.45, 2.75) is 45.4 Å². The van der Waals surface area contributed by atoms with E-state index in [-0.39, 0.29) is 0 Å². The minimum atomic E-state index is 1.07. The van der Waals surface area contributed by atoms with Crippen molar-refractivity contribution in [3.05, 3.63) is 0 Å². The number of fused-ring (bicyclic) bond motifs is 1. The molecule has 3 saturated carbocycles. The summed E-state index contributed by atoms with van der Waals surface area (Å²) < 4.78 is 0. The van der Waals surface area contributed by atoms with Crippen molar-refractivity contribution in [1.82, 2.24) is 0 Å². The highest BCUT2D eigenvalue weighted by atomic mass is 14.5. The highest BCUT2D eigenvalue weighted by molar-refractivity contribution is 4.96. The van der Waals surface area contributed by atoms with Crippen LogP contribution in [0.25, 0.3) is 0 Å². The Hall–Kier alpha value is 0. The van der Waals surface area contributed by atoms with E-state index in [1.807, 2.05) is 0 Å². The van der Waals surface area contributed by atoms with Crippen molar-refractivity contribution in [2.75, 3.05) is 0 Å². The molecule has 3 aliphatic rings. The van der Waals surface area contributed by atoms with Crippen LogP contribution in [0.3, 0.4) is 0 Å². The monoisotopic (exact) mass is 164 g/mol. The lowest BCUT2D eigenvalue weighted by atomic mass is 9.64. The molecule has 3 rings (SSSR count). The van der Waals surface area contributed by atoms with Gasteiger partial charge in [-0.25, -0.2) is 0 Å². The normalized spacial score (nSPS) is 57.2. The molecule has 0 amide bonds. The fourth-order valence-electron chi connectivity index (χ4n) is 3.67. The predicted octanol–water partition coefficient (Wildman–Crippen LogP) is 3.47. The molecule has 0 heterocycles. The fourth-order valence-corrected chi connectivity index (χ4v) is 3.67. The quantitative estimate of drug-likeness (QED) is 0.556. The van der Waals surface area contributed by atoms with Crippen molar-refractivity contribution in [2.24, 2.45) is 29.6 Å². The summed E-state index contributed by atoms with van der Waals surface area (Å²) in [5, 5.41) is 0. The highest BCUT2D eigenvalue weighted by Gasteiger charge is 2.45. The maximum atomic E-state index is 2.47. The van der Waals surface area contributed by atoms with Gasteiger partial charge in [-0.1, -0.05) is 13.3 Å². The molecule has 5 atom stereocenters. The first-order valence-electron chi connectivity index (χ1n) is 5.84. The largest absolute Gasteiger partial charge is 0.0622 e. The van der Waals surface area contributed by atoms with E-state index in [9.17, 15) is 0 Å². The van der Waals surface area contributed by atoms with Gasteiger partial charge in [-0.05, 0) is 61.7 Å². The van der Waals surface area contributed by atoms with Crippen molar-refractivity contribution in [3.8, 4) is 0 Å². The van der Waals surface area contributed by atoms with Crippen LogP contribution in [0.1, 0.15) is 45.4 Å². The third-order valence-corrected chi connectivity index (χ3v) is 4.87. The van der Waals surface area contributed by atoms with Gasteiger partial charge in [-0.3, -0.25) is 0 Å². The fraction of sp³-hybridized carbons (Fsp3) is 1.00. The maximum absolute atomic E-state index is 2.47. The Morgan fingerprint density at radius 2 is 1.50 bits per heavy atom. The van der Waals surface area contributed by atoms with Gasteiger partial charge in [0.2, 0.25) is 0 Å². The second-order valence-electron chi connectivity index (χ2n) is 5.55. The number of hydrogen-bond donors (Lipinski definition) is 0. The molecule has 0 aromatic carbocycles. The lowest BCUT2D eigenvalue weighted by Crippen LogP contribution is -2.32. The third kappa shape index (κ3) is 1.03. The molecule has 12 heavy (non-hydrogen) atoms. The number of rotatable bonds is 1. The van der Waals surface area contributed by atoms with Crippen molar-refractivity contribution in [1.29, 1.82) is 0 Å². The Bertz CT molecular complexity index is 184. The molecule has 0 nitrogen and oxygen atoms in total. The van der Waals surface area contributed by atoms with Crippen LogP contribution in [0.5, 0.6) is 0 Å². The van der Waals surface area contributed by atoms with Gasteiger partial charge < -0.3 is 0 Å². The van der Waals surface area contributed by atoms with E-state index in [1.165, 1.54) is 18.3 Å². The summed E-state index contributed by atoms with van der Waals surface area (Å²) in [5.74, 6) is 5.75. The maximum Gasteiger partial charge on any atom is -0.0360 e. The first-order valence-corrected chi connectivity index (χ1v) is 5.84. The third-order valence-electron chi connectivity index (χ3n) is 4.87. The van der Waals surface area contributed by atoms with Crippen molar-refractivity contribution in [3.63, 3.8) is 0 Å². The van der Waals surface area contributed by atoms with Gasteiger partial charge in [0.1, 0.15) is 0 Å². The molecule has 0 bridgehead atoms. The summed E-state index contributed by atoms with van der Waals surface area (Å²) in [6, 6.07) is 0. The average Bonchev–Trinajstić information content (AvgIpc) is 2.79. The van der Waals surface area contributed by atoms with E-state index >= 15 is 0 Å². The molecule has 0 aromatic heterocycles. The SMILES string of the molecule is CC1CCC1C1CCC2CC2C1. The molecule has 0 saturated heterocycles. The summed E-state index contributed by atoms with van der Waals surface area (Å²) in [4.78, 5) is 0. The zero-order valence-electron chi connectivity index (χ0n) is 8.13. The minimum absolute atomic E-state index is 1.07. The van der Waals surface area contributed by atoms with Gasteiger partial charge in [0.05, 0.1) is 0 Å². The zero-order chi connectivity index (χ0) is 8.13. The molecule has 68 valence electrons. The van der Waals surface area contributed by atoms with Crippen LogP contribution >= 0.6 is 0 Å². The summed E-state index contributed by atoms with van der Waals surface area (Å²) in [5.41, 5.74) is 0. The first kappa shape index (κ1) is 7.41. The molecule has 3 fully saturated rings. The molecule has 3 aliphatic carbocycles. The van der Waals surface area contributed by atoms with E-state index in [0.29, 0.717) is 0 Å². The van der Waals surface area contributed by atoms with Crippen molar-refractivity contribution < 1.29 is 0 Å². The second kappa shape index (κ2) is 2.49. The Kier molecular flexibility index (Phi) is 1.54. The van der Waals surface area contributed by atoms with Gasteiger partial charge in [-0.2, -0.15) is 0 Å². The van der Waals surface area contributed by atoms with Crippen LogP contribution in [-0.2, 0) is 0 Å². The Balaban J connectivity index is 1.61. The van der Waals surface area contributed by atoms with Crippen LogP contribution in [0.15, 0.2) is 0 Å². The van der Waals surface area contributed by atoms with Crippen LogP contribution in [0.2, 0.25) is 0 Å². The molecule has 0 N–H and O–H groups in total. The van der Waals surface area contributed by atoms with Gasteiger partial charge in [0.25, 0.3) is 0 Å².